The monoisotopic (exact) mass is 378 g/mol. The molecule has 6 nitrogen and oxygen atoms in total. The second kappa shape index (κ2) is 8.47. The second-order valence-electron chi connectivity index (χ2n) is 6.98. The SMILES string of the molecule is CC(C)[C@H](CO)Nc1nc(Nc2ccc(OC(F)F)cc2)cc(C2CC2)n1. The zero-order valence-electron chi connectivity index (χ0n) is 15.3. The van der Waals surface area contributed by atoms with E-state index in [-0.39, 0.29) is 24.3 Å². The molecule has 2 aromatic rings. The Hall–Kier alpha value is -2.48. The lowest BCUT2D eigenvalue weighted by atomic mass is 10.1. The average molecular weight is 378 g/mol. The highest BCUT2D eigenvalue weighted by Gasteiger charge is 2.26. The maximum absolute atomic E-state index is 12.2. The van der Waals surface area contributed by atoms with E-state index >= 15 is 0 Å². The molecule has 0 radical (unpaired) electrons. The van der Waals surface area contributed by atoms with Crippen LogP contribution in [0.2, 0.25) is 0 Å². The van der Waals surface area contributed by atoms with Gasteiger partial charge in [-0.3, -0.25) is 0 Å². The predicted molar refractivity (Wildman–Crippen MR) is 99.7 cm³/mol. The van der Waals surface area contributed by atoms with Crippen LogP contribution in [0.3, 0.4) is 0 Å². The first-order chi connectivity index (χ1) is 12.9. The minimum atomic E-state index is -2.85. The molecule has 0 spiro atoms. The van der Waals surface area contributed by atoms with Crippen LogP contribution in [-0.2, 0) is 0 Å². The molecule has 1 fully saturated rings. The molecule has 1 aromatic heterocycles. The van der Waals surface area contributed by atoms with Crippen molar-refractivity contribution in [3.05, 3.63) is 36.0 Å². The Morgan fingerprint density at radius 3 is 2.44 bits per heavy atom. The molecule has 1 saturated carbocycles. The van der Waals surface area contributed by atoms with Crippen molar-refractivity contribution < 1.29 is 18.6 Å². The highest BCUT2D eigenvalue weighted by molar-refractivity contribution is 5.59. The van der Waals surface area contributed by atoms with Crippen LogP contribution >= 0.6 is 0 Å². The number of hydrogen-bond donors (Lipinski definition) is 3. The fourth-order valence-electron chi connectivity index (χ4n) is 2.64. The number of anilines is 3. The van der Waals surface area contributed by atoms with Crippen LogP contribution in [0.25, 0.3) is 0 Å². The molecule has 1 aliphatic rings. The molecule has 1 atom stereocenters. The van der Waals surface area contributed by atoms with Gasteiger partial charge in [0.1, 0.15) is 11.6 Å². The maximum Gasteiger partial charge on any atom is 0.387 e. The first kappa shape index (κ1) is 19.3. The number of aromatic nitrogens is 2. The van der Waals surface area contributed by atoms with E-state index in [0.717, 1.165) is 18.5 Å². The van der Waals surface area contributed by atoms with Gasteiger partial charge >= 0.3 is 6.61 Å². The molecular formula is C19H24F2N4O2. The van der Waals surface area contributed by atoms with E-state index in [9.17, 15) is 13.9 Å². The van der Waals surface area contributed by atoms with E-state index in [1.165, 1.54) is 12.1 Å². The van der Waals surface area contributed by atoms with Gasteiger partial charge in [-0.1, -0.05) is 13.8 Å². The summed E-state index contributed by atoms with van der Waals surface area (Å²) in [6, 6.07) is 7.99. The Bertz CT molecular complexity index is 752. The van der Waals surface area contributed by atoms with Gasteiger partial charge in [0.05, 0.1) is 18.3 Å². The van der Waals surface area contributed by atoms with Gasteiger partial charge in [0.15, 0.2) is 0 Å². The van der Waals surface area contributed by atoms with Gasteiger partial charge in [0, 0.05) is 17.7 Å². The lowest BCUT2D eigenvalue weighted by molar-refractivity contribution is -0.0498. The van der Waals surface area contributed by atoms with Crippen molar-refractivity contribution in [3.63, 3.8) is 0 Å². The minimum Gasteiger partial charge on any atom is -0.435 e. The minimum absolute atomic E-state index is 0.0109. The van der Waals surface area contributed by atoms with Crippen LogP contribution in [0.15, 0.2) is 30.3 Å². The van der Waals surface area contributed by atoms with Crippen molar-refractivity contribution in [3.8, 4) is 5.75 Å². The van der Waals surface area contributed by atoms with Crippen molar-refractivity contribution in [1.29, 1.82) is 0 Å². The first-order valence-electron chi connectivity index (χ1n) is 9.03. The Kier molecular flexibility index (Phi) is 6.05. The van der Waals surface area contributed by atoms with Gasteiger partial charge in [-0.2, -0.15) is 13.8 Å². The Labute approximate surface area is 157 Å². The standard InChI is InChI=1S/C19H24F2N4O2/c1-11(2)16(10-26)24-19-23-15(12-3-4-12)9-17(25-19)22-13-5-7-14(8-6-13)27-18(20)21/h5-9,11-12,16,18,26H,3-4,10H2,1-2H3,(H2,22,23,24,25)/t16-/m0/s1. The van der Waals surface area contributed by atoms with Crippen molar-refractivity contribution in [2.75, 3.05) is 17.2 Å². The van der Waals surface area contributed by atoms with Crippen LogP contribution in [-0.4, -0.2) is 34.3 Å². The molecule has 1 aromatic carbocycles. The quantitative estimate of drug-likeness (QED) is 0.609. The van der Waals surface area contributed by atoms with Crippen molar-refractivity contribution in [2.24, 2.45) is 5.92 Å². The number of nitrogens with zero attached hydrogens (tertiary/aromatic N) is 2. The largest absolute Gasteiger partial charge is 0.435 e. The maximum atomic E-state index is 12.2. The summed E-state index contributed by atoms with van der Waals surface area (Å²) in [5, 5.41) is 15.9. The normalized spacial score (nSPS) is 15.1. The van der Waals surface area contributed by atoms with Crippen LogP contribution in [0.5, 0.6) is 5.75 Å². The molecule has 0 unspecified atom stereocenters. The summed E-state index contributed by atoms with van der Waals surface area (Å²) in [5.74, 6) is 1.83. The summed E-state index contributed by atoms with van der Waals surface area (Å²) in [4.78, 5) is 9.06. The summed E-state index contributed by atoms with van der Waals surface area (Å²) in [6.45, 7) is 1.17. The Morgan fingerprint density at radius 2 is 1.89 bits per heavy atom. The third-order valence-electron chi connectivity index (χ3n) is 4.41. The van der Waals surface area contributed by atoms with E-state index in [1.54, 1.807) is 12.1 Å². The number of benzene rings is 1. The van der Waals surface area contributed by atoms with Crippen LogP contribution in [0.4, 0.5) is 26.2 Å². The number of ether oxygens (including phenoxy) is 1. The van der Waals surface area contributed by atoms with Crippen LogP contribution in [0, 0.1) is 5.92 Å². The fraction of sp³-hybridized carbons (Fsp3) is 0.474. The lowest BCUT2D eigenvalue weighted by Gasteiger charge is -2.20. The summed E-state index contributed by atoms with van der Waals surface area (Å²) in [5.41, 5.74) is 1.65. The molecule has 0 saturated heterocycles. The number of alkyl halides is 2. The molecule has 3 N–H and O–H groups in total. The topological polar surface area (TPSA) is 79.3 Å². The smallest absolute Gasteiger partial charge is 0.387 e. The number of rotatable bonds is 9. The Balaban J connectivity index is 1.77. The van der Waals surface area contributed by atoms with Gasteiger partial charge in [0.25, 0.3) is 0 Å². The second-order valence-corrected chi connectivity index (χ2v) is 6.98. The predicted octanol–water partition coefficient (Wildman–Crippen LogP) is 4.13. The number of hydrogen-bond acceptors (Lipinski definition) is 6. The van der Waals surface area contributed by atoms with Gasteiger partial charge < -0.3 is 20.5 Å². The fourth-order valence-corrected chi connectivity index (χ4v) is 2.64. The van der Waals surface area contributed by atoms with Crippen molar-refractivity contribution in [2.45, 2.75) is 45.3 Å². The number of aliphatic hydroxyl groups is 1. The van der Waals surface area contributed by atoms with Gasteiger partial charge in [-0.25, -0.2) is 4.98 Å². The summed E-state index contributed by atoms with van der Waals surface area (Å²) in [7, 11) is 0. The number of nitrogens with one attached hydrogen (secondary N) is 2. The highest BCUT2D eigenvalue weighted by Crippen LogP contribution is 2.40. The molecule has 146 valence electrons. The van der Waals surface area contributed by atoms with Crippen LogP contribution in [0.1, 0.15) is 38.3 Å². The summed E-state index contributed by atoms with van der Waals surface area (Å²) in [6.07, 6.45) is 2.20. The van der Waals surface area contributed by atoms with Crippen LogP contribution < -0.4 is 15.4 Å². The molecular weight excluding hydrogens is 354 g/mol. The van der Waals surface area contributed by atoms with Gasteiger partial charge in [-0.15, -0.1) is 0 Å². The van der Waals surface area contributed by atoms with Crippen molar-refractivity contribution in [1.82, 2.24) is 9.97 Å². The average Bonchev–Trinajstić information content (AvgIpc) is 3.45. The summed E-state index contributed by atoms with van der Waals surface area (Å²) >= 11 is 0. The number of aliphatic hydroxyl groups excluding tert-OH is 1. The van der Waals surface area contributed by atoms with E-state index in [1.807, 2.05) is 19.9 Å². The van der Waals surface area contributed by atoms with Crippen molar-refractivity contribution >= 4 is 17.5 Å². The molecule has 0 bridgehead atoms. The third-order valence-corrected chi connectivity index (χ3v) is 4.41. The third kappa shape index (κ3) is 5.50. The molecule has 1 aliphatic carbocycles. The molecule has 1 heterocycles. The zero-order chi connectivity index (χ0) is 19.4. The molecule has 3 rings (SSSR count). The number of halogens is 2. The first-order valence-corrected chi connectivity index (χ1v) is 9.03. The Morgan fingerprint density at radius 1 is 1.19 bits per heavy atom. The molecule has 8 heteroatoms. The van der Waals surface area contributed by atoms with E-state index < -0.39 is 6.61 Å². The van der Waals surface area contributed by atoms with E-state index in [0.29, 0.717) is 23.4 Å². The molecule has 0 aliphatic heterocycles. The molecule has 27 heavy (non-hydrogen) atoms. The van der Waals surface area contributed by atoms with Gasteiger partial charge in [0.2, 0.25) is 5.95 Å². The summed E-state index contributed by atoms with van der Waals surface area (Å²) < 4.78 is 28.9. The van der Waals surface area contributed by atoms with Gasteiger partial charge in [-0.05, 0) is 43.0 Å². The lowest BCUT2D eigenvalue weighted by Crippen LogP contribution is -2.30. The van der Waals surface area contributed by atoms with E-state index in [4.69, 9.17) is 0 Å². The highest BCUT2D eigenvalue weighted by atomic mass is 19.3. The molecule has 0 amide bonds. The zero-order valence-corrected chi connectivity index (χ0v) is 15.3. The van der Waals surface area contributed by atoms with E-state index in [2.05, 4.69) is 25.3 Å².